The molecule has 0 unspecified atom stereocenters. The van der Waals surface area contributed by atoms with Crippen LogP contribution >= 0.6 is 11.6 Å². The third-order valence-corrected chi connectivity index (χ3v) is 2.92. The van der Waals surface area contributed by atoms with E-state index in [0.29, 0.717) is 23.0 Å². The number of urea groups is 1. The van der Waals surface area contributed by atoms with E-state index in [0.717, 1.165) is 11.3 Å². The normalized spacial score (nSPS) is 10.3. The molecule has 0 aliphatic heterocycles. The summed E-state index contributed by atoms with van der Waals surface area (Å²) in [5.41, 5.74) is 2.31. The van der Waals surface area contributed by atoms with E-state index in [9.17, 15) is 4.79 Å². The van der Waals surface area contributed by atoms with E-state index >= 15 is 0 Å². The van der Waals surface area contributed by atoms with Crippen LogP contribution in [0.15, 0.2) is 28.8 Å². The summed E-state index contributed by atoms with van der Waals surface area (Å²) in [4.78, 5) is 11.7. The number of nitrogens with zero attached hydrogens (tertiary/aromatic N) is 1. The molecule has 0 aliphatic carbocycles. The van der Waals surface area contributed by atoms with Crippen LogP contribution < -0.4 is 10.6 Å². The Kier molecular flexibility index (Phi) is 4.06. The lowest BCUT2D eigenvalue weighted by atomic mass is 10.2. The van der Waals surface area contributed by atoms with Gasteiger partial charge in [0, 0.05) is 22.8 Å². The number of rotatable bonds is 3. The molecule has 0 saturated carbocycles. The molecule has 0 radical (unpaired) electrons. The summed E-state index contributed by atoms with van der Waals surface area (Å²) in [5, 5.41) is 9.84. The molecule has 1 aromatic heterocycles. The predicted octanol–water partition coefficient (Wildman–Crippen LogP) is 3.27. The van der Waals surface area contributed by atoms with Crippen molar-refractivity contribution >= 4 is 23.3 Å². The van der Waals surface area contributed by atoms with Gasteiger partial charge in [-0.2, -0.15) is 0 Å². The van der Waals surface area contributed by atoms with Crippen LogP contribution in [0.5, 0.6) is 0 Å². The number of hydrogen-bond donors (Lipinski definition) is 2. The number of aryl methyl sites for hydroxylation is 2. The summed E-state index contributed by atoms with van der Waals surface area (Å²) >= 11 is 5.84. The van der Waals surface area contributed by atoms with Crippen LogP contribution in [0.3, 0.4) is 0 Å². The number of carbonyl (C=O) groups is 1. The molecular formula is C13H14ClN3O2. The summed E-state index contributed by atoms with van der Waals surface area (Å²) in [5.74, 6) is 0.709. The summed E-state index contributed by atoms with van der Waals surface area (Å²) in [6.45, 7) is 4.02. The molecule has 2 rings (SSSR count). The van der Waals surface area contributed by atoms with Gasteiger partial charge in [-0.25, -0.2) is 4.79 Å². The van der Waals surface area contributed by atoms with Crippen molar-refractivity contribution in [2.75, 3.05) is 5.32 Å². The highest BCUT2D eigenvalue weighted by Gasteiger charge is 2.10. The van der Waals surface area contributed by atoms with Gasteiger partial charge in [0.15, 0.2) is 0 Å². The van der Waals surface area contributed by atoms with Gasteiger partial charge in [-0.15, -0.1) is 0 Å². The smallest absolute Gasteiger partial charge is 0.319 e. The number of benzene rings is 1. The van der Waals surface area contributed by atoms with E-state index in [-0.39, 0.29) is 6.03 Å². The maximum absolute atomic E-state index is 11.7. The minimum absolute atomic E-state index is 0.303. The Labute approximate surface area is 115 Å². The molecule has 0 fully saturated rings. The second-order valence-electron chi connectivity index (χ2n) is 4.12. The molecule has 1 heterocycles. The summed E-state index contributed by atoms with van der Waals surface area (Å²) in [6.07, 6.45) is 0. The number of nitrogens with one attached hydrogen (secondary N) is 2. The third-order valence-electron chi connectivity index (χ3n) is 2.69. The van der Waals surface area contributed by atoms with Crippen LogP contribution in [0, 0.1) is 13.8 Å². The zero-order chi connectivity index (χ0) is 13.8. The van der Waals surface area contributed by atoms with E-state index in [1.165, 1.54) is 0 Å². The predicted molar refractivity (Wildman–Crippen MR) is 73.3 cm³/mol. The fourth-order valence-corrected chi connectivity index (χ4v) is 1.85. The first-order valence-electron chi connectivity index (χ1n) is 5.78. The van der Waals surface area contributed by atoms with Crippen LogP contribution in [0.4, 0.5) is 10.5 Å². The second kappa shape index (κ2) is 5.75. The third kappa shape index (κ3) is 3.48. The molecule has 1 aromatic carbocycles. The SMILES string of the molecule is Cc1noc(C)c1CNC(=O)Nc1cccc(Cl)c1. The van der Waals surface area contributed by atoms with Gasteiger partial charge in [0.25, 0.3) is 0 Å². The highest BCUT2D eigenvalue weighted by atomic mass is 35.5. The zero-order valence-electron chi connectivity index (χ0n) is 10.7. The Morgan fingerprint density at radius 3 is 2.84 bits per heavy atom. The largest absolute Gasteiger partial charge is 0.361 e. The van der Waals surface area contributed by atoms with Crippen LogP contribution in [-0.2, 0) is 6.54 Å². The molecule has 0 aliphatic rings. The molecule has 2 amide bonds. The van der Waals surface area contributed by atoms with Gasteiger partial charge in [-0.3, -0.25) is 0 Å². The highest BCUT2D eigenvalue weighted by Crippen LogP contribution is 2.15. The van der Waals surface area contributed by atoms with Crippen LogP contribution in [0.25, 0.3) is 0 Å². The Morgan fingerprint density at radius 2 is 2.21 bits per heavy atom. The first-order chi connectivity index (χ1) is 9.06. The van der Waals surface area contributed by atoms with Crippen LogP contribution in [0.2, 0.25) is 5.02 Å². The Bertz CT molecular complexity index is 576. The topological polar surface area (TPSA) is 67.2 Å². The molecule has 0 saturated heterocycles. The first kappa shape index (κ1) is 13.4. The number of aromatic nitrogens is 1. The number of carbonyl (C=O) groups excluding carboxylic acids is 1. The quantitative estimate of drug-likeness (QED) is 0.906. The minimum atomic E-state index is -0.303. The Morgan fingerprint density at radius 1 is 1.42 bits per heavy atom. The van der Waals surface area contributed by atoms with Crippen molar-refractivity contribution in [1.29, 1.82) is 0 Å². The highest BCUT2D eigenvalue weighted by molar-refractivity contribution is 6.30. The Balaban J connectivity index is 1.92. The molecule has 2 aromatic rings. The molecule has 6 heteroatoms. The van der Waals surface area contributed by atoms with E-state index < -0.39 is 0 Å². The number of halogens is 1. The standard InChI is InChI=1S/C13H14ClN3O2/c1-8-12(9(2)19-17-8)7-15-13(18)16-11-5-3-4-10(14)6-11/h3-6H,7H2,1-2H3,(H2,15,16,18). The van der Waals surface area contributed by atoms with Crippen molar-refractivity contribution in [3.63, 3.8) is 0 Å². The van der Waals surface area contributed by atoms with Crippen molar-refractivity contribution in [3.8, 4) is 0 Å². The maximum atomic E-state index is 11.7. The lowest BCUT2D eigenvalue weighted by Gasteiger charge is -2.07. The molecule has 0 atom stereocenters. The van der Waals surface area contributed by atoms with Gasteiger partial charge in [0.1, 0.15) is 5.76 Å². The molecule has 19 heavy (non-hydrogen) atoms. The van der Waals surface area contributed by atoms with Crippen molar-refractivity contribution in [2.24, 2.45) is 0 Å². The van der Waals surface area contributed by atoms with E-state index in [2.05, 4.69) is 15.8 Å². The fraction of sp³-hybridized carbons (Fsp3) is 0.231. The molecule has 2 N–H and O–H groups in total. The number of hydrogen-bond acceptors (Lipinski definition) is 3. The first-order valence-corrected chi connectivity index (χ1v) is 6.16. The van der Waals surface area contributed by atoms with Gasteiger partial charge in [0.2, 0.25) is 0 Å². The van der Waals surface area contributed by atoms with Crippen molar-refractivity contribution in [1.82, 2.24) is 10.5 Å². The van der Waals surface area contributed by atoms with Crippen LogP contribution in [-0.4, -0.2) is 11.2 Å². The summed E-state index contributed by atoms with van der Waals surface area (Å²) < 4.78 is 5.02. The maximum Gasteiger partial charge on any atom is 0.319 e. The lowest BCUT2D eigenvalue weighted by molar-refractivity contribution is 0.251. The van der Waals surface area contributed by atoms with Gasteiger partial charge in [-0.05, 0) is 32.0 Å². The Hall–Kier alpha value is -2.01. The molecular weight excluding hydrogens is 266 g/mol. The minimum Gasteiger partial charge on any atom is -0.361 e. The summed E-state index contributed by atoms with van der Waals surface area (Å²) in [6, 6.07) is 6.65. The lowest BCUT2D eigenvalue weighted by Crippen LogP contribution is -2.28. The van der Waals surface area contributed by atoms with Gasteiger partial charge >= 0.3 is 6.03 Å². The monoisotopic (exact) mass is 279 g/mol. The zero-order valence-corrected chi connectivity index (χ0v) is 11.4. The average Bonchev–Trinajstić information content (AvgIpc) is 2.67. The van der Waals surface area contributed by atoms with E-state index in [1.807, 2.05) is 13.8 Å². The van der Waals surface area contributed by atoms with Crippen molar-refractivity contribution in [3.05, 3.63) is 46.3 Å². The summed E-state index contributed by atoms with van der Waals surface area (Å²) in [7, 11) is 0. The van der Waals surface area contributed by atoms with Crippen molar-refractivity contribution in [2.45, 2.75) is 20.4 Å². The van der Waals surface area contributed by atoms with Gasteiger partial charge < -0.3 is 15.2 Å². The molecule has 0 bridgehead atoms. The van der Waals surface area contributed by atoms with Crippen LogP contribution in [0.1, 0.15) is 17.0 Å². The molecule has 0 spiro atoms. The second-order valence-corrected chi connectivity index (χ2v) is 4.56. The van der Waals surface area contributed by atoms with E-state index in [1.54, 1.807) is 24.3 Å². The van der Waals surface area contributed by atoms with E-state index in [4.69, 9.17) is 16.1 Å². The van der Waals surface area contributed by atoms with Gasteiger partial charge in [-0.1, -0.05) is 22.8 Å². The molecule has 5 nitrogen and oxygen atoms in total. The fourth-order valence-electron chi connectivity index (χ4n) is 1.66. The van der Waals surface area contributed by atoms with Gasteiger partial charge in [0.05, 0.1) is 5.69 Å². The average molecular weight is 280 g/mol. The molecule has 100 valence electrons. The number of amides is 2. The number of anilines is 1. The van der Waals surface area contributed by atoms with Crippen molar-refractivity contribution < 1.29 is 9.32 Å².